The van der Waals surface area contributed by atoms with Crippen LogP contribution >= 0.6 is 7.82 Å². The predicted molar refractivity (Wildman–Crippen MR) is 95.8 cm³/mol. The molecule has 0 aromatic heterocycles. The lowest BCUT2D eigenvalue weighted by atomic mass is 10.2. The molecule has 0 unspecified atom stereocenters. The van der Waals surface area contributed by atoms with E-state index in [4.69, 9.17) is 12.9 Å². The van der Waals surface area contributed by atoms with Crippen LogP contribution in [-0.4, -0.2) is 23.2 Å². The van der Waals surface area contributed by atoms with E-state index in [2.05, 4.69) is 67.7 Å². The van der Waals surface area contributed by atoms with Gasteiger partial charge in [-0.25, -0.2) is 4.57 Å². The Bertz CT molecular complexity index is 363. The molecule has 0 atom stereocenters. The molecule has 4 nitrogen and oxygen atoms in total. The normalized spacial score (nSPS) is 15.4. The van der Waals surface area contributed by atoms with Crippen molar-refractivity contribution >= 4 is 24.5 Å². The molecule has 0 amide bonds. The largest absolute Gasteiger partial charge is 0.455 e. The number of phosphoric acid groups is 1. The third kappa shape index (κ3) is 5.92. The highest BCUT2D eigenvalue weighted by molar-refractivity contribution is 7.52. The summed E-state index contributed by atoms with van der Waals surface area (Å²) < 4.78 is 30.7. The summed E-state index contributed by atoms with van der Waals surface area (Å²) >= 11 is 0. The van der Waals surface area contributed by atoms with Crippen LogP contribution in [0.4, 0.5) is 0 Å². The van der Waals surface area contributed by atoms with Gasteiger partial charge < -0.3 is 8.43 Å². The van der Waals surface area contributed by atoms with E-state index in [1.807, 2.05) is 6.92 Å². The van der Waals surface area contributed by atoms with E-state index in [1.54, 1.807) is 0 Å². The van der Waals surface area contributed by atoms with Gasteiger partial charge in [-0.3, -0.25) is 4.52 Å². The summed E-state index contributed by atoms with van der Waals surface area (Å²) in [4.78, 5) is 0. The number of rotatable bonds is 6. The Morgan fingerprint density at radius 1 is 0.810 bits per heavy atom. The molecule has 0 radical (unpaired) electrons. The summed E-state index contributed by atoms with van der Waals surface area (Å²) in [5.41, 5.74) is 0. The summed E-state index contributed by atoms with van der Waals surface area (Å²) in [5, 5.41) is -0.0902. The van der Waals surface area contributed by atoms with Gasteiger partial charge in [0.25, 0.3) is 0 Å². The Labute approximate surface area is 133 Å². The van der Waals surface area contributed by atoms with Gasteiger partial charge in [-0.2, -0.15) is 0 Å². The van der Waals surface area contributed by atoms with Crippen molar-refractivity contribution in [1.82, 2.24) is 0 Å². The fourth-order valence-electron chi connectivity index (χ4n) is 1.06. The Hall–Kier alpha value is 0.544. The van der Waals surface area contributed by atoms with Crippen molar-refractivity contribution in [3.8, 4) is 0 Å². The Morgan fingerprint density at radius 3 is 1.29 bits per heavy atom. The summed E-state index contributed by atoms with van der Waals surface area (Å²) in [6, 6.07) is 0. The summed E-state index contributed by atoms with van der Waals surface area (Å²) in [6.45, 7) is 23.1. The smallest absolute Gasteiger partial charge is 0.330 e. The molecule has 7 heteroatoms. The molecular weight excluding hydrogens is 319 g/mol. The van der Waals surface area contributed by atoms with Crippen molar-refractivity contribution in [2.24, 2.45) is 0 Å². The van der Waals surface area contributed by atoms with E-state index in [0.717, 1.165) is 0 Å². The van der Waals surface area contributed by atoms with E-state index in [1.165, 1.54) is 0 Å². The molecule has 128 valence electrons. The Morgan fingerprint density at radius 2 is 1.10 bits per heavy atom. The third-order valence-electron chi connectivity index (χ3n) is 4.58. The van der Waals surface area contributed by atoms with Gasteiger partial charge in [0, 0.05) is 0 Å². The third-order valence-corrected chi connectivity index (χ3v) is 17.8. The highest BCUT2D eigenvalue weighted by atomic mass is 31.2. The topological polar surface area (TPSA) is 44.8 Å². The molecular formula is C14H35O4PSi2. The SMILES string of the molecule is CCOP(=O)(O[Si](C)(C)C(C)(C)C)O[Si](C)(C)C(C)(C)C. The van der Waals surface area contributed by atoms with Crippen molar-refractivity contribution in [3.63, 3.8) is 0 Å². The summed E-state index contributed by atoms with van der Waals surface area (Å²) in [5.74, 6) is 0. The van der Waals surface area contributed by atoms with Crippen LogP contribution in [0.3, 0.4) is 0 Å². The van der Waals surface area contributed by atoms with Crippen LogP contribution in [0.15, 0.2) is 0 Å². The molecule has 0 spiro atoms. The molecule has 0 rings (SSSR count). The molecule has 0 aromatic rings. The van der Waals surface area contributed by atoms with Gasteiger partial charge in [-0.1, -0.05) is 41.5 Å². The summed E-state index contributed by atoms with van der Waals surface area (Å²) in [7, 11) is -7.99. The molecule has 0 aliphatic carbocycles. The Balaban J connectivity index is 5.44. The van der Waals surface area contributed by atoms with E-state index < -0.39 is 24.5 Å². The predicted octanol–water partition coefficient (Wildman–Crippen LogP) is 6.17. The lowest BCUT2D eigenvalue weighted by molar-refractivity contribution is 0.208. The Kier molecular flexibility index (Phi) is 6.75. The molecule has 0 aliphatic heterocycles. The zero-order valence-corrected chi connectivity index (χ0v) is 18.7. The van der Waals surface area contributed by atoms with Gasteiger partial charge in [-0.15, -0.1) is 0 Å². The quantitative estimate of drug-likeness (QED) is 0.422. The van der Waals surface area contributed by atoms with Crippen molar-refractivity contribution in [2.75, 3.05) is 6.61 Å². The maximum Gasteiger partial charge on any atom is 0.455 e. The van der Waals surface area contributed by atoms with E-state index >= 15 is 0 Å². The first-order valence-electron chi connectivity index (χ1n) is 7.63. The first kappa shape index (κ1) is 21.5. The second-order valence-electron chi connectivity index (χ2n) is 8.57. The summed E-state index contributed by atoms with van der Waals surface area (Å²) in [6.07, 6.45) is 0. The monoisotopic (exact) mass is 354 g/mol. The molecule has 21 heavy (non-hydrogen) atoms. The van der Waals surface area contributed by atoms with Crippen molar-refractivity contribution in [3.05, 3.63) is 0 Å². The first-order chi connectivity index (χ1) is 8.97. The van der Waals surface area contributed by atoms with Gasteiger partial charge in [0.1, 0.15) is 0 Å². The molecule has 0 heterocycles. The van der Waals surface area contributed by atoms with Crippen LogP contribution < -0.4 is 0 Å². The average molecular weight is 355 g/mol. The average Bonchev–Trinajstić information content (AvgIpc) is 2.10. The van der Waals surface area contributed by atoms with Crippen LogP contribution in [0.2, 0.25) is 36.3 Å². The second kappa shape index (κ2) is 6.58. The zero-order valence-electron chi connectivity index (χ0n) is 15.8. The minimum absolute atomic E-state index is 0.0451. The van der Waals surface area contributed by atoms with Crippen molar-refractivity contribution in [1.29, 1.82) is 0 Å². The standard InChI is InChI=1S/C14H35O4PSi2/c1-12-16-19(15,17-20(8,9)13(2,3)4)18-21(10,11)14(5,6)7/h12H2,1-11H3. The van der Waals surface area contributed by atoms with Crippen molar-refractivity contribution < 1.29 is 17.5 Å². The van der Waals surface area contributed by atoms with Gasteiger partial charge in [-0.05, 0) is 43.2 Å². The zero-order chi connectivity index (χ0) is 17.3. The van der Waals surface area contributed by atoms with Crippen LogP contribution in [-0.2, 0) is 17.5 Å². The van der Waals surface area contributed by atoms with Gasteiger partial charge >= 0.3 is 7.82 Å². The molecule has 0 saturated carbocycles. The van der Waals surface area contributed by atoms with Crippen LogP contribution in [0.5, 0.6) is 0 Å². The minimum atomic E-state index is -3.53. The molecule has 0 aliphatic rings. The second-order valence-corrected chi connectivity index (χ2v) is 20.2. The fraction of sp³-hybridized carbons (Fsp3) is 1.00. The molecule has 0 fully saturated rings. The minimum Gasteiger partial charge on any atom is -0.330 e. The maximum absolute atomic E-state index is 13.1. The van der Waals surface area contributed by atoms with Crippen LogP contribution in [0, 0.1) is 0 Å². The highest BCUT2D eigenvalue weighted by Crippen LogP contribution is 2.59. The van der Waals surface area contributed by atoms with Crippen molar-refractivity contribution in [2.45, 2.75) is 84.7 Å². The number of hydrogen-bond acceptors (Lipinski definition) is 4. The molecule has 0 bridgehead atoms. The van der Waals surface area contributed by atoms with Gasteiger partial charge in [0.15, 0.2) is 0 Å². The lowest BCUT2D eigenvalue weighted by Crippen LogP contribution is -2.44. The van der Waals surface area contributed by atoms with E-state index in [9.17, 15) is 4.57 Å². The van der Waals surface area contributed by atoms with Crippen LogP contribution in [0.25, 0.3) is 0 Å². The number of hydrogen-bond donors (Lipinski definition) is 0. The van der Waals surface area contributed by atoms with Crippen LogP contribution in [0.1, 0.15) is 48.5 Å². The van der Waals surface area contributed by atoms with E-state index in [0.29, 0.717) is 6.61 Å². The van der Waals surface area contributed by atoms with Gasteiger partial charge in [0.2, 0.25) is 16.6 Å². The molecule has 0 aromatic carbocycles. The first-order valence-corrected chi connectivity index (χ1v) is 14.9. The lowest BCUT2D eigenvalue weighted by Gasteiger charge is -2.42. The maximum atomic E-state index is 13.1. The fourth-order valence-corrected chi connectivity index (χ4v) is 8.95. The highest BCUT2D eigenvalue weighted by Gasteiger charge is 2.49. The molecule has 0 saturated heterocycles. The van der Waals surface area contributed by atoms with E-state index in [-0.39, 0.29) is 10.1 Å². The molecule has 0 N–H and O–H groups in total. The van der Waals surface area contributed by atoms with Gasteiger partial charge in [0.05, 0.1) is 6.61 Å².